The minimum atomic E-state index is -0.0217. The number of rotatable bonds is 6. The van der Waals surface area contributed by atoms with Crippen molar-refractivity contribution in [2.75, 3.05) is 18.6 Å². The maximum Gasteiger partial charge on any atom is 0.125 e. The Morgan fingerprint density at radius 1 is 1.32 bits per heavy atom. The van der Waals surface area contributed by atoms with E-state index in [9.17, 15) is 0 Å². The van der Waals surface area contributed by atoms with Gasteiger partial charge in [0.15, 0.2) is 0 Å². The summed E-state index contributed by atoms with van der Waals surface area (Å²) in [7, 11) is 1.71. The second-order valence-electron chi connectivity index (χ2n) is 5.87. The van der Waals surface area contributed by atoms with Crippen LogP contribution in [-0.4, -0.2) is 19.7 Å². The fraction of sp³-hybridized carbons (Fsp3) is 0.625. The van der Waals surface area contributed by atoms with Crippen molar-refractivity contribution in [1.29, 1.82) is 0 Å². The first-order valence-electron chi connectivity index (χ1n) is 7.23. The van der Waals surface area contributed by atoms with Gasteiger partial charge in [0, 0.05) is 29.9 Å². The molecule has 2 rings (SSSR count). The number of ether oxygens (including phenoxy) is 1. The predicted molar refractivity (Wildman–Crippen MR) is 80.8 cm³/mol. The molecule has 3 heteroatoms. The highest BCUT2D eigenvalue weighted by Gasteiger charge is 2.27. The first-order chi connectivity index (χ1) is 9.04. The first-order valence-corrected chi connectivity index (χ1v) is 7.23. The molecule has 1 aliphatic rings. The second kappa shape index (κ2) is 5.83. The monoisotopic (exact) mass is 262 g/mol. The highest BCUT2D eigenvalue weighted by Crippen LogP contribution is 2.38. The lowest BCUT2D eigenvalue weighted by molar-refractivity contribution is 0.406. The Bertz CT molecular complexity index is 425. The fourth-order valence-electron chi connectivity index (χ4n) is 2.58. The van der Waals surface area contributed by atoms with E-state index in [1.165, 1.54) is 18.5 Å². The highest BCUT2D eigenvalue weighted by molar-refractivity contribution is 5.61. The Balaban J connectivity index is 2.39. The van der Waals surface area contributed by atoms with Gasteiger partial charge in [0.05, 0.1) is 7.11 Å². The number of methoxy groups -OCH3 is 1. The summed E-state index contributed by atoms with van der Waals surface area (Å²) in [5.74, 6) is 1.75. The molecule has 1 fully saturated rings. The van der Waals surface area contributed by atoms with E-state index in [2.05, 4.69) is 30.9 Å². The van der Waals surface area contributed by atoms with E-state index < -0.39 is 0 Å². The molecule has 106 valence electrons. The Hall–Kier alpha value is -1.22. The van der Waals surface area contributed by atoms with Crippen LogP contribution in [0.2, 0.25) is 0 Å². The van der Waals surface area contributed by atoms with Gasteiger partial charge >= 0.3 is 0 Å². The lowest BCUT2D eigenvalue weighted by Crippen LogP contribution is -2.34. The Morgan fingerprint density at radius 3 is 2.47 bits per heavy atom. The molecule has 1 saturated carbocycles. The third kappa shape index (κ3) is 3.21. The summed E-state index contributed by atoms with van der Waals surface area (Å²) >= 11 is 0. The second-order valence-corrected chi connectivity index (χ2v) is 5.87. The van der Waals surface area contributed by atoms with Crippen LogP contribution in [0.25, 0.3) is 0 Å². The topological polar surface area (TPSA) is 38.5 Å². The lowest BCUT2D eigenvalue weighted by atomic mass is 10.0. The summed E-state index contributed by atoms with van der Waals surface area (Å²) in [6, 6.07) is 6.68. The number of nitrogens with zero attached hydrogens (tertiary/aromatic N) is 1. The van der Waals surface area contributed by atoms with E-state index in [-0.39, 0.29) is 6.04 Å². The Kier molecular flexibility index (Phi) is 4.35. The molecule has 0 aromatic heterocycles. The van der Waals surface area contributed by atoms with Crippen LogP contribution in [0.1, 0.15) is 45.2 Å². The van der Waals surface area contributed by atoms with Crippen molar-refractivity contribution in [2.45, 2.75) is 45.7 Å². The van der Waals surface area contributed by atoms with Crippen LogP contribution >= 0.6 is 0 Å². The van der Waals surface area contributed by atoms with Crippen LogP contribution < -0.4 is 15.4 Å². The summed E-state index contributed by atoms with van der Waals surface area (Å²) in [6.07, 6.45) is 2.72. The molecule has 1 atom stereocenters. The van der Waals surface area contributed by atoms with Crippen LogP contribution in [0.3, 0.4) is 0 Å². The maximum atomic E-state index is 6.17. The zero-order chi connectivity index (χ0) is 14.0. The van der Waals surface area contributed by atoms with Gasteiger partial charge in [-0.3, -0.25) is 0 Å². The van der Waals surface area contributed by atoms with Crippen LogP contribution in [0.15, 0.2) is 18.2 Å². The fourth-order valence-corrected chi connectivity index (χ4v) is 2.58. The van der Waals surface area contributed by atoms with Crippen molar-refractivity contribution in [3.05, 3.63) is 23.8 Å². The largest absolute Gasteiger partial charge is 0.496 e. The summed E-state index contributed by atoms with van der Waals surface area (Å²) in [5.41, 5.74) is 8.53. The summed E-state index contributed by atoms with van der Waals surface area (Å²) in [4.78, 5) is 2.47. The maximum absolute atomic E-state index is 6.17. The minimum absolute atomic E-state index is 0.0217. The quantitative estimate of drug-likeness (QED) is 0.854. The molecule has 1 aliphatic carbocycles. The van der Waals surface area contributed by atoms with Gasteiger partial charge < -0.3 is 15.4 Å². The van der Waals surface area contributed by atoms with Gasteiger partial charge in [0.25, 0.3) is 0 Å². The zero-order valence-electron chi connectivity index (χ0n) is 12.5. The number of anilines is 1. The van der Waals surface area contributed by atoms with E-state index >= 15 is 0 Å². The van der Waals surface area contributed by atoms with Crippen molar-refractivity contribution in [3.63, 3.8) is 0 Å². The van der Waals surface area contributed by atoms with E-state index in [0.29, 0.717) is 6.04 Å². The molecule has 0 amide bonds. The molecule has 0 heterocycles. The van der Waals surface area contributed by atoms with Crippen molar-refractivity contribution >= 4 is 5.69 Å². The SMILES string of the molecule is COc1cccc(N(CC2CC2)C(C)C)c1[C@H](C)N. The third-order valence-corrected chi connectivity index (χ3v) is 3.80. The highest BCUT2D eigenvalue weighted by atomic mass is 16.5. The summed E-state index contributed by atoms with van der Waals surface area (Å²) in [5, 5.41) is 0. The normalized spacial score (nSPS) is 16.5. The Labute approximate surface area is 116 Å². The summed E-state index contributed by atoms with van der Waals surface area (Å²) < 4.78 is 5.49. The van der Waals surface area contributed by atoms with E-state index in [0.717, 1.165) is 23.8 Å². The van der Waals surface area contributed by atoms with Crippen LogP contribution in [0.4, 0.5) is 5.69 Å². The molecule has 3 nitrogen and oxygen atoms in total. The molecule has 0 unspecified atom stereocenters. The van der Waals surface area contributed by atoms with Gasteiger partial charge in [0.1, 0.15) is 5.75 Å². The molecule has 0 saturated heterocycles. The average Bonchev–Trinajstić information content (AvgIpc) is 3.18. The molecular weight excluding hydrogens is 236 g/mol. The van der Waals surface area contributed by atoms with Crippen molar-refractivity contribution in [3.8, 4) is 5.75 Å². The average molecular weight is 262 g/mol. The summed E-state index contributed by atoms with van der Waals surface area (Å²) in [6.45, 7) is 7.64. The van der Waals surface area contributed by atoms with Crippen molar-refractivity contribution < 1.29 is 4.74 Å². The number of nitrogens with two attached hydrogens (primary N) is 1. The molecule has 0 radical (unpaired) electrons. The van der Waals surface area contributed by atoms with E-state index in [1.807, 2.05) is 13.0 Å². The molecule has 1 aromatic rings. The van der Waals surface area contributed by atoms with Gasteiger partial charge in [0.2, 0.25) is 0 Å². The molecule has 1 aromatic carbocycles. The number of hydrogen-bond acceptors (Lipinski definition) is 3. The first kappa shape index (κ1) is 14.2. The molecule has 0 bridgehead atoms. The van der Waals surface area contributed by atoms with E-state index in [1.54, 1.807) is 7.11 Å². The third-order valence-electron chi connectivity index (χ3n) is 3.80. The smallest absolute Gasteiger partial charge is 0.125 e. The zero-order valence-corrected chi connectivity index (χ0v) is 12.5. The number of benzene rings is 1. The number of hydrogen-bond donors (Lipinski definition) is 1. The lowest BCUT2D eigenvalue weighted by Gasteiger charge is -2.32. The molecule has 0 spiro atoms. The van der Waals surface area contributed by atoms with Gasteiger partial charge in [-0.1, -0.05) is 6.07 Å². The molecule has 0 aliphatic heterocycles. The van der Waals surface area contributed by atoms with Crippen LogP contribution in [0.5, 0.6) is 5.75 Å². The molecular formula is C16H26N2O. The van der Waals surface area contributed by atoms with Crippen molar-refractivity contribution in [1.82, 2.24) is 0 Å². The van der Waals surface area contributed by atoms with E-state index in [4.69, 9.17) is 10.5 Å². The minimum Gasteiger partial charge on any atom is -0.496 e. The van der Waals surface area contributed by atoms with Crippen LogP contribution in [0, 0.1) is 5.92 Å². The van der Waals surface area contributed by atoms with Gasteiger partial charge in [-0.2, -0.15) is 0 Å². The van der Waals surface area contributed by atoms with Crippen molar-refractivity contribution in [2.24, 2.45) is 11.7 Å². The molecule has 2 N–H and O–H groups in total. The standard InChI is InChI=1S/C16H26N2O/c1-11(2)18(10-13-8-9-13)14-6-5-7-15(19-4)16(14)12(3)17/h5-7,11-13H,8-10,17H2,1-4H3/t12-/m0/s1. The van der Waals surface area contributed by atoms with Crippen LogP contribution in [-0.2, 0) is 0 Å². The molecule has 19 heavy (non-hydrogen) atoms. The van der Waals surface area contributed by atoms with Gasteiger partial charge in [-0.05, 0) is 51.7 Å². The Morgan fingerprint density at radius 2 is 2.00 bits per heavy atom. The predicted octanol–water partition coefficient (Wildman–Crippen LogP) is 3.34. The van der Waals surface area contributed by atoms with Gasteiger partial charge in [-0.25, -0.2) is 0 Å². The van der Waals surface area contributed by atoms with Gasteiger partial charge in [-0.15, -0.1) is 0 Å².